The van der Waals surface area contributed by atoms with E-state index in [2.05, 4.69) is 31.5 Å². The van der Waals surface area contributed by atoms with Gasteiger partial charge in [0.05, 0.1) is 6.61 Å². The van der Waals surface area contributed by atoms with Crippen LogP contribution >= 0.6 is 0 Å². The quantitative estimate of drug-likeness (QED) is 0.727. The first-order valence-electron chi connectivity index (χ1n) is 6.49. The van der Waals surface area contributed by atoms with Crippen molar-refractivity contribution in [1.29, 1.82) is 0 Å². The average molecular weight is 243 g/mol. The molecule has 0 amide bonds. The second kappa shape index (κ2) is 5.76. The second-order valence-electron chi connectivity index (χ2n) is 4.73. The summed E-state index contributed by atoms with van der Waals surface area (Å²) in [6.45, 7) is 8.31. The Bertz CT molecular complexity index is 499. The van der Waals surface area contributed by atoms with Crippen LogP contribution in [-0.2, 0) is 6.54 Å². The first-order valence-corrected chi connectivity index (χ1v) is 6.49. The zero-order valence-electron chi connectivity index (χ0n) is 11.4. The number of rotatable bonds is 5. The van der Waals surface area contributed by atoms with E-state index in [1.807, 2.05) is 30.3 Å². The Hall–Kier alpha value is -1.70. The first kappa shape index (κ1) is 12.7. The number of benzene rings is 1. The third kappa shape index (κ3) is 2.95. The van der Waals surface area contributed by atoms with Crippen molar-refractivity contribution in [3.8, 4) is 5.75 Å². The van der Waals surface area contributed by atoms with Gasteiger partial charge in [0, 0.05) is 18.4 Å². The molecule has 1 aromatic carbocycles. The van der Waals surface area contributed by atoms with Crippen LogP contribution in [0, 0.1) is 20.8 Å². The lowest BCUT2D eigenvalue weighted by Gasteiger charge is -2.08. The smallest absolute Gasteiger partial charge is 0.119 e. The van der Waals surface area contributed by atoms with Crippen LogP contribution in [0.25, 0.3) is 0 Å². The van der Waals surface area contributed by atoms with Crippen molar-refractivity contribution in [1.82, 2.24) is 4.57 Å². The summed E-state index contributed by atoms with van der Waals surface area (Å²) in [4.78, 5) is 0. The molecule has 0 aliphatic carbocycles. The molecule has 0 aliphatic heterocycles. The number of aryl methyl sites for hydroxylation is 2. The van der Waals surface area contributed by atoms with Crippen LogP contribution in [0.1, 0.15) is 23.2 Å². The zero-order chi connectivity index (χ0) is 13.0. The molecule has 0 saturated carbocycles. The Kier molecular flexibility index (Phi) is 4.08. The number of para-hydroxylation sites is 1. The number of hydrogen-bond acceptors (Lipinski definition) is 1. The van der Waals surface area contributed by atoms with E-state index in [0.29, 0.717) is 0 Å². The van der Waals surface area contributed by atoms with Gasteiger partial charge in [-0.25, -0.2) is 0 Å². The van der Waals surface area contributed by atoms with Crippen molar-refractivity contribution >= 4 is 0 Å². The highest BCUT2D eigenvalue weighted by molar-refractivity contribution is 5.28. The zero-order valence-corrected chi connectivity index (χ0v) is 11.4. The fourth-order valence-electron chi connectivity index (χ4n) is 2.10. The van der Waals surface area contributed by atoms with E-state index < -0.39 is 0 Å². The van der Waals surface area contributed by atoms with Gasteiger partial charge < -0.3 is 9.30 Å². The summed E-state index contributed by atoms with van der Waals surface area (Å²) < 4.78 is 8.01. The molecule has 1 aromatic heterocycles. The minimum atomic E-state index is 0.764. The lowest BCUT2D eigenvalue weighted by molar-refractivity contribution is 0.301. The Labute approximate surface area is 109 Å². The predicted octanol–water partition coefficient (Wildman–Crippen LogP) is 3.88. The van der Waals surface area contributed by atoms with Crippen LogP contribution in [0.4, 0.5) is 0 Å². The minimum absolute atomic E-state index is 0.764. The van der Waals surface area contributed by atoms with Crippen molar-refractivity contribution < 1.29 is 4.74 Å². The van der Waals surface area contributed by atoms with Crippen molar-refractivity contribution in [2.75, 3.05) is 6.61 Å². The molecule has 96 valence electrons. The van der Waals surface area contributed by atoms with E-state index in [9.17, 15) is 0 Å². The van der Waals surface area contributed by atoms with Gasteiger partial charge in [0.1, 0.15) is 5.75 Å². The summed E-state index contributed by atoms with van der Waals surface area (Å²) in [5, 5.41) is 0. The molecule has 0 N–H and O–H groups in total. The SMILES string of the molecule is Cc1cn(CCCOc2ccccc2)c(C)c1C. The van der Waals surface area contributed by atoms with Crippen molar-refractivity contribution in [2.24, 2.45) is 0 Å². The molecule has 2 heteroatoms. The van der Waals surface area contributed by atoms with Gasteiger partial charge in [-0.3, -0.25) is 0 Å². The van der Waals surface area contributed by atoms with Crippen LogP contribution in [-0.4, -0.2) is 11.2 Å². The van der Waals surface area contributed by atoms with Crippen LogP contribution in [0.5, 0.6) is 5.75 Å². The largest absolute Gasteiger partial charge is 0.494 e. The average Bonchev–Trinajstić information content (AvgIpc) is 2.64. The van der Waals surface area contributed by atoms with Gasteiger partial charge >= 0.3 is 0 Å². The molecule has 0 fully saturated rings. The molecule has 0 spiro atoms. The molecular weight excluding hydrogens is 222 g/mol. The van der Waals surface area contributed by atoms with E-state index in [4.69, 9.17) is 4.74 Å². The van der Waals surface area contributed by atoms with Crippen LogP contribution < -0.4 is 4.74 Å². The maximum absolute atomic E-state index is 5.69. The van der Waals surface area contributed by atoms with Gasteiger partial charge in [-0.05, 0) is 50.5 Å². The molecule has 0 unspecified atom stereocenters. The number of nitrogens with zero attached hydrogens (tertiary/aromatic N) is 1. The maximum atomic E-state index is 5.69. The van der Waals surface area contributed by atoms with Gasteiger partial charge in [0.2, 0.25) is 0 Å². The minimum Gasteiger partial charge on any atom is -0.494 e. The monoisotopic (exact) mass is 243 g/mol. The molecule has 0 aliphatic rings. The van der Waals surface area contributed by atoms with Crippen molar-refractivity contribution in [3.63, 3.8) is 0 Å². The van der Waals surface area contributed by atoms with Crippen LogP contribution in [0.2, 0.25) is 0 Å². The fourth-order valence-corrected chi connectivity index (χ4v) is 2.10. The molecule has 2 nitrogen and oxygen atoms in total. The van der Waals surface area contributed by atoms with E-state index >= 15 is 0 Å². The topological polar surface area (TPSA) is 14.2 Å². The van der Waals surface area contributed by atoms with Gasteiger partial charge in [0.25, 0.3) is 0 Å². The number of ether oxygens (including phenoxy) is 1. The fraction of sp³-hybridized carbons (Fsp3) is 0.375. The molecule has 18 heavy (non-hydrogen) atoms. The van der Waals surface area contributed by atoms with Gasteiger partial charge in [-0.15, -0.1) is 0 Å². The molecule has 2 aromatic rings. The number of aromatic nitrogens is 1. The third-order valence-corrected chi connectivity index (χ3v) is 3.47. The highest BCUT2D eigenvalue weighted by Gasteiger charge is 2.04. The Morgan fingerprint density at radius 1 is 1.06 bits per heavy atom. The number of hydrogen-bond donors (Lipinski definition) is 0. The Balaban J connectivity index is 1.80. The summed E-state index contributed by atoms with van der Waals surface area (Å²) >= 11 is 0. The molecule has 0 atom stereocenters. The van der Waals surface area contributed by atoms with Crippen molar-refractivity contribution in [3.05, 3.63) is 53.3 Å². The normalized spacial score (nSPS) is 10.6. The Morgan fingerprint density at radius 2 is 1.78 bits per heavy atom. The van der Waals surface area contributed by atoms with E-state index in [1.54, 1.807) is 0 Å². The first-order chi connectivity index (χ1) is 8.68. The molecule has 0 bridgehead atoms. The van der Waals surface area contributed by atoms with Crippen LogP contribution in [0.3, 0.4) is 0 Å². The third-order valence-electron chi connectivity index (χ3n) is 3.47. The maximum Gasteiger partial charge on any atom is 0.119 e. The van der Waals surface area contributed by atoms with E-state index in [-0.39, 0.29) is 0 Å². The lowest BCUT2D eigenvalue weighted by Crippen LogP contribution is -2.05. The van der Waals surface area contributed by atoms with E-state index in [0.717, 1.165) is 25.3 Å². The molecular formula is C16H21NO. The standard InChI is InChI=1S/C16H21NO/c1-13-12-17(15(3)14(13)2)10-7-11-18-16-8-5-4-6-9-16/h4-6,8-9,12H,7,10-11H2,1-3H3. The second-order valence-corrected chi connectivity index (χ2v) is 4.73. The summed E-state index contributed by atoms with van der Waals surface area (Å²) in [6, 6.07) is 9.99. The molecule has 0 saturated heterocycles. The highest BCUT2D eigenvalue weighted by Crippen LogP contribution is 2.15. The summed E-state index contributed by atoms with van der Waals surface area (Å²) in [7, 11) is 0. The summed E-state index contributed by atoms with van der Waals surface area (Å²) in [5.41, 5.74) is 4.14. The van der Waals surface area contributed by atoms with Gasteiger partial charge in [-0.2, -0.15) is 0 Å². The Morgan fingerprint density at radius 3 is 2.39 bits per heavy atom. The van der Waals surface area contributed by atoms with Crippen LogP contribution in [0.15, 0.2) is 36.5 Å². The molecule has 2 rings (SSSR count). The highest BCUT2D eigenvalue weighted by atomic mass is 16.5. The molecule has 0 radical (unpaired) electrons. The van der Waals surface area contributed by atoms with Crippen molar-refractivity contribution in [2.45, 2.75) is 33.7 Å². The van der Waals surface area contributed by atoms with E-state index in [1.165, 1.54) is 16.8 Å². The molecule has 1 heterocycles. The predicted molar refractivity (Wildman–Crippen MR) is 75.2 cm³/mol. The summed E-state index contributed by atoms with van der Waals surface area (Å²) in [6.07, 6.45) is 3.26. The summed E-state index contributed by atoms with van der Waals surface area (Å²) in [5.74, 6) is 0.953. The van der Waals surface area contributed by atoms with Gasteiger partial charge in [0.15, 0.2) is 0 Å². The lowest BCUT2D eigenvalue weighted by atomic mass is 10.2. The van der Waals surface area contributed by atoms with Gasteiger partial charge in [-0.1, -0.05) is 18.2 Å².